The lowest BCUT2D eigenvalue weighted by Gasteiger charge is -2.29. The molecule has 1 amide bonds. The Bertz CT molecular complexity index is 1400. The molecule has 0 aromatic heterocycles. The molecule has 1 saturated carbocycles. The van der Waals surface area contributed by atoms with Gasteiger partial charge in [-0.3, -0.25) is 14.9 Å². The number of carbonyl (C=O) groups is 1. The van der Waals surface area contributed by atoms with E-state index in [4.69, 9.17) is 39.9 Å². The van der Waals surface area contributed by atoms with Gasteiger partial charge in [-0.2, -0.15) is 5.10 Å². The average molecular weight is 541 g/mol. The van der Waals surface area contributed by atoms with Gasteiger partial charge in [-0.1, -0.05) is 59.1 Å². The van der Waals surface area contributed by atoms with Crippen molar-refractivity contribution in [3.63, 3.8) is 0 Å². The van der Waals surface area contributed by atoms with Crippen molar-refractivity contribution in [3.05, 3.63) is 114 Å². The van der Waals surface area contributed by atoms with E-state index in [0.29, 0.717) is 10.0 Å². The van der Waals surface area contributed by atoms with Gasteiger partial charge in [-0.05, 0) is 72.4 Å². The number of nitrogens with zero attached hydrogens (tertiary/aromatic N) is 3. The van der Waals surface area contributed by atoms with Crippen molar-refractivity contribution in [2.75, 3.05) is 0 Å². The molecule has 2 atom stereocenters. The fourth-order valence-electron chi connectivity index (χ4n) is 4.84. The Hall–Kier alpha value is -3.19. The summed E-state index contributed by atoms with van der Waals surface area (Å²) in [6.45, 7) is 0. The smallest absolute Gasteiger partial charge is 0.267 e. The molecule has 1 aliphatic heterocycles. The molecule has 6 nitrogen and oxygen atoms in total. The normalized spacial score (nSPS) is 20.2. The van der Waals surface area contributed by atoms with E-state index in [0.717, 1.165) is 41.7 Å². The van der Waals surface area contributed by atoms with Crippen molar-refractivity contribution in [2.45, 2.75) is 25.3 Å². The Balaban J connectivity index is 1.60. The minimum atomic E-state index is -0.549. The predicted octanol–water partition coefficient (Wildman–Crippen LogP) is 7.99. The summed E-state index contributed by atoms with van der Waals surface area (Å²) < 4.78 is 0. The van der Waals surface area contributed by atoms with Gasteiger partial charge in [0.2, 0.25) is 0 Å². The second-order valence-corrected chi connectivity index (χ2v) is 10.1. The molecule has 1 fully saturated rings. The van der Waals surface area contributed by atoms with Crippen molar-refractivity contribution >= 4 is 58.2 Å². The van der Waals surface area contributed by atoms with Gasteiger partial charge in [0, 0.05) is 28.1 Å². The standard InChI is InChI=1S/C27H20Cl3N3O3/c28-19-8-4-16(5-9-19)14-18-2-1-3-22-25(18)31-32(26(22)17-6-10-20(29)11-7-17)27(34)23-15-21(33(35)36)12-13-24(23)30/h4-15,22,26H,1-3H2/b18-14-/t22-,26-/m0/s1. The molecule has 182 valence electrons. The first-order valence-electron chi connectivity index (χ1n) is 11.4. The van der Waals surface area contributed by atoms with E-state index in [9.17, 15) is 14.9 Å². The van der Waals surface area contributed by atoms with Crippen LogP contribution in [0.5, 0.6) is 0 Å². The van der Waals surface area contributed by atoms with Gasteiger partial charge in [0.25, 0.3) is 11.6 Å². The second kappa shape index (κ2) is 10.1. The number of nitro benzene ring substituents is 1. The molecule has 0 bridgehead atoms. The van der Waals surface area contributed by atoms with E-state index >= 15 is 0 Å². The molecule has 0 radical (unpaired) electrons. The molecule has 3 aromatic carbocycles. The number of allylic oxidation sites excluding steroid dienone is 1. The Kier molecular flexibility index (Phi) is 6.84. The molecule has 1 heterocycles. The highest BCUT2D eigenvalue weighted by molar-refractivity contribution is 6.34. The van der Waals surface area contributed by atoms with Crippen molar-refractivity contribution in [1.29, 1.82) is 0 Å². The summed E-state index contributed by atoms with van der Waals surface area (Å²) >= 11 is 18.5. The zero-order chi connectivity index (χ0) is 25.4. The molecule has 1 aliphatic carbocycles. The molecule has 0 unspecified atom stereocenters. The van der Waals surface area contributed by atoms with E-state index in [1.54, 1.807) is 12.1 Å². The summed E-state index contributed by atoms with van der Waals surface area (Å²) in [7, 11) is 0. The Morgan fingerprint density at radius 1 is 1.00 bits per heavy atom. The number of rotatable bonds is 4. The molecule has 2 aliphatic rings. The number of hydrazone groups is 1. The van der Waals surface area contributed by atoms with Crippen LogP contribution in [0.4, 0.5) is 5.69 Å². The summed E-state index contributed by atoms with van der Waals surface area (Å²) in [5.41, 5.74) is 3.59. The summed E-state index contributed by atoms with van der Waals surface area (Å²) in [4.78, 5) is 24.6. The fourth-order valence-corrected chi connectivity index (χ4v) is 5.29. The monoisotopic (exact) mass is 539 g/mol. The maximum Gasteiger partial charge on any atom is 0.276 e. The first-order valence-corrected chi connectivity index (χ1v) is 12.5. The van der Waals surface area contributed by atoms with Crippen LogP contribution in [-0.4, -0.2) is 21.6 Å². The highest BCUT2D eigenvalue weighted by Crippen LogP contribution is 2.45. The number of non-ortho nitro benzene ring substituents is 1. The van der Waals surface area contributed by atoms with Gasteiger partial charge in [-0.25, -0.2) is 5.01 Å². The van der Waals surface area contributed by atoms with Crippen LogP contribution in [0.15, 0.2) is 77.4 Å². The summed E-state index contributed by atoms with van der Waals surface area (Å²) in [5.74, 6) is -0.531. The van der Waals surface area contributed by atoms with Crippen LogP contribution in [0.3, 0.4) is 0 Å². The van der Waals surface area contributed by atoms with Crippen LogP contribution in [0.2, 0.25) is 15.1 Å². The van der Waals surface area contributed by atoms with Crippen LogP contribution < -0.4 is 0 Å². The first kappa shape index (κ1) is 24.5. The number of benzene rings is 3. The minimum absolute atomic E-state index is 0.0380. The van der Waals surface area contributed by atoms with Crippen molar-refractivity contribution < 1.29 is 9.72 Å². The van der Waals surface area contributed by atoms with Gasteiger partial charge in [0.1, 0.15) is 0 Å². The van der Waals surface area contributed by atoms with Gasteiger partial charge >= 0.3 is 0 Å². The molecular weight excluding hydrogens is 521 g/mol. The topological polar surface area (TPSA) is 75.8 Å². The molecule has 3 aromatic rings. The number of hydrogen-bond acceptors (Lipinski definition) is 4. The number of carbonyl (C=O) groups excluding carboxylic acids is 1. The van der Waals surface area contributed by atoms with Gasteiger partial charge in [-0.15, -0.1) is 0 Å². The van der Waals surface area contributed by atoms with Crippen LogP contribution in [0.1, 0.15) is 46.8 Å². The maximum absolute atomic E-state index is 13.8. The lowest BCUT2D eigenvalue weighted by atomic mass is 9.77. The average Bonchev–Trinajstić information content (AvgIpc) is 3.26. The Morgan fingerprint density at radius 2 is 1.67 bits per heavy atom. The Morgan fingerprint density at radius 3 is 2.33 bits per heavy atom. The quantitative estimate of drug-likeness (QED) is 0.248. The number of halogens is 3. The third-order valence-corrected chi connectivity index (χ3v) is 7.36. The highest BCUT2D eigenvalue weighted by Gasteiger charge is 2.44. The largest absolute Gasteiger partial charge is 0.276 e. The highest BCUT2D eigenvalue weighted by atomic mass is 35.5. The molecular formula is C27H20Cl3N3O3. The zero-order valence-electron chi connectivity index (χ0n) is 18.9. The number of nitro groups is 1. The Labute approximate surface area is 222 Å². The predicted molar refractivity (Wildman–Crippen MR) is 143 cm³/mol. The van der Waals surface area contributed by atoms with Crippen molar-refractivity contribution in [3.8, 4) is 0 Å². The number of fused-ring (bicyclic) bond motifs is 1. The molecule has 0 spiro atoms. The van der Waals surface area contributed by atoms with Gasteiger partial charge in [0.05, 0.1) is 27.3 Å². The fraction of sp³-hybridized carbons (Fsp3) is 0.185. The minimum Gasteiger partial charge on any atom is -0.267 e. The summed E-state index contributed by atoms with van der Waals surface area (Å²) in [5, 5.41) is 19.0. The van der Waals surface area contributed by atoms with Crippen LogP contribution in [-0.2, 0) is 0 Å². The first-order chi connectivity index (χ1) is 17.3. The van der Waals surface area contributed by atoms with E-state index in [1.165, 1.54) is 23.2 Å². The van der Waals surface area contributed by atoms with Crippen LogP contribution in [0, 0.1) is 16.0 Å². The van der Waals surface area contributed by atoms with Crippen molar-refractivity contribution in [1.82, 2.24) is 5.01 Å². The third-order valence-electron chi connectivity index (χ3n) is 6.52. The van der Waals surface area contributed by atoms with Crippen LogP contribution >= 0.6 is 34.8 Å². The second-order valence-electron chi connectivity index (χ2n) is 8.77. The van der Waals surface area contributed by atoms with Crippen molar-refractivity contribution in [2.24, 2.45) is 11.0 Å². The van der Waals surface area contributed by atoms with Crippen LogP contribution in [0.25, 0.3) is 6.08 Å². The molecule has 0 N–H and O–H groups in total. The molecule has 5 rings (SSSR count). The summed E-state index contributed by atoms with van der Waals surface area (Å²) in [6.07, 6.45) is 4.68. The van der Waals surface area contributed by atoms with E-state index in [-0.39, 0.29) is 22.2 Å². The molecule has 36 heavy (non-hydrogen) atoms. The van der Waals surface area contributed by atoms with E-state index in [1.807, 2.05) is 36.4 Å². The van der Waals surface area contributed by atoms with Gasteiger partial charge < -0.3 is 0 Å². The lowest BCUT2D eigenvalue weighted by molar-refractivity contribution is -0.384. The summed E-state index contributed by atoms with van der Waals surface area (Å²) in [6, 6.07) is 18.3. The zero-order valence-corrected chi connectivity index (χ0v) is 21.2. The number of hydrogen-bond donors (Lipinski definition) is 0. The van der Waals surface area contributed by atoms with Gasteiger partial charge in [0.15, 0.2) is 0 Å². The third kappa shape index (κ3) is 4.76. The molecule has 0 saturated heterocycles. The lowest BCUT2D eigenvalue weighted by Crippen LogP contribution is -2.32. The van der Waals surface area contributed by atoms with E-state index in [2.05, 4.69) is 6.08 Å². The maximum atomic E-state index is 13.8. The van der Waals surface area contributed by atoms with E-state index < -0.39 is 16.9 Å². The molecule has 9 heteroatoms. The number of amides is 1. The SMILES string of the molecule is O=C(c1cc([N+](=O)[O-])ccc1Cl)N1N=C2/C(=C\c3ccc(Cl)cc3)CCC[C@@H]2[C@@H]1c1ccc(Cl)cc1.